The molecule has 3 rings (SSSR count). The zero-order valence-electron chi connectivity index (χ0n) is 20.5. The van der Waals surface area contributed by atoms with E-state index in [4.69, 9.17) is 4.74 Å². The lowest BCUT2D eigenvalue weighted by Gasteiger charge is -2.10. The van der Waals surface area contributed by atoms with Crippen LogP contribution in [0.15, 0.2) is 66.9 Å². The molecule has 0 bridgehead atoms. The van der Waals surface area contributed by atoms with E-state index in [0.29, 0.717) is 23.7 Å². The lowest BCUT2D eigenvalue weighted by atomic mass is 10.0. The van der Waals surface area contributed by atoms with Crippen LogP contribution in [0, 0.1) is 0 Å². The van der Waals surface area contributed by atoms with Crippen molar-refractivity contribution in [2.75, 3.05) is 0 Å². The van der Waals surface area contributed by atoms with Gasteiger partial charge >= 0.3 is 0 Å². The zero-order chi connectivity index (χ0) is 23.0. The minimum atomic E-state index is 0.534. The number of benzene rings is 2. The summed E-state index contributed by atoms with van der Waals surface area (Å²) in [6.45, 7) is 17.5. The Morgan fingerprint density at radius 3 is 1.16 bits per heavy atom. The van der Waals surface area contributed by atoms with E-state index in [2.05, 4.69) is 96.8 Å². The molecule has 2 heteroatoms. The van der Waals surface area contributed by atoms with Crippen LogP contribution < -0.4 is 4.74 Å². The molecule has 2 aromatic carbocycles. The molecule has 0 atom stereocenters. The summed E-state index contributed by atoms with van der Waals surface area (Å²) in [7, 11) is 0. The molecule has 2 nitrogen and oxygen atoms in total. The molecule has 0 saturated carbocycles. The summed E-state index contributed by atoms with van der Waals surface area (Å²) < 4.78 is 5.85. The maximum absolute atomic E-state index is 5.85. The monoisotopic (exact) mass is 417 g/mol. The summed E-state index contributed by atoms with van der Waals surface area (Å²) in [5.41, 5.74) is 5.17. The van der Waals surface area contributed by atoms with Gasteiger partial charge in [0.15, 0.2) is 0 Å². The average molecular weight is 418 g/mol. The van der Waals surface area contributed by atoms with E-state index >= 15 is 0 Å². The molecule has 0 aliphatic heterocycles. The second-order valence-electron chi connectivity index (χ2n) is 9.38. The molecule has 0 spiro atoms. The third-order valence-electron chi connectivity index (χ3n) is 5.40. The third kappa shape index (κ3) is 7.86. The first kappa shape index (κ1) is 24.7. The molecular formula is C29H39NO. The summed E-state index contributed by atoms with van der Waals surface area (Å²) in [6, 6.07) is 20.9. The topological polar surface area (TPSA) is 22.1 Å². The maximum atomic E-state index is 5.85. The van der Waals surface area contributed by atoms with Crippen molar-refractivity contribution < 1.29 is 4.74 Å². The smallest absolute Gasteiger partial charge is 0.127 e. The van der Waals surface area contributed by atoms with Crippen molar-refractivity contribution in [1.29, 1.82) is 0 Å². The molecule has 1 heterocycles. The Labute approximate surface area is 189 Å². The van der Waals surface area contributed by atoms with Crippen LogP contribution in [-0.2, 0) is 0 Å². The summed E-state index contributed by atoms with van der Waals surface area (Å²) in [5, 5.41) is 0. The summed E-state index contributed by atoms with van der Waals surface area (Å²) >= 11 is 0. The van der Waals surface area contributed by atoms with Gasteiger partial charge in [-0.2, -0.15) is 0 Å². The van der Waals surface area contributed by atoms with Gasteiger partial charge in [-0.25, -0.2) is 0 Å². The number of hydrogen-bond acceptors (Lipinski definition) is 2. The first-order valence-electron chi connectivity index (χ1n) is 11.5. The SMILES string of the molecule is CC(C)c1ccc(C(C)C)nc1.CC(C)c1ccc(Oc2ccc(C(C)C)cc2)cc1. The molecule has 1 aromatic heterocycles. The minimum Gasteiger partial charge on any atom is -0.457 e. The van der Waals surface area contributed by atoms with Crippen LogP contribution in [0.1, 0.15) is 101 Å². The standard InChI is InChI=1S/C18H22O.C11H17N/c1-13(2)15-5-9-17(10-6-15)19-18-11-7-16(8-12-18)14(3)4;1-8(2)10-5-6-11(9(3)4)12-7-10/h5-14H,1-4H3;5-9H,1-4H3. The van der Waals surface area contributed by atoms with Gasteiger partial charge in [0.2, 0.25) is 0 Å². The van der Waals surface area contributed by atoms with Crippen LogP contribution >= 0.6 is 0 Å². The predicted octanol–water partition coefficient (Wildman–Crippen LogP) is 9.05. The minimum absolute atomic E-state index is 0.534. The average Bonchev–Trinajstić information content (AvgIpc) is 2.75. The number of ether oxygens (including phenoxy) is 1. The lowest BCUT2D eigenvalue weighted by molar-refractivity contribution is 0.482. The van der Waals surface area contributed by atoms with Crippen molar-refractivity contribution >= 4 is 0 Å². The first-order chi connectivity index (χ1) is 14.7. The summed E-state index contributed by atoms with van der Waals surface area (Å²) in [4.78, 5) is 4.40. The Balaban J connectivity index is 0.000000245. The molecule has 0 unspecified atom stereocenters. The highest BCUT2D eigenvalue weighted by Crippen LogP contribution is 2.25. The van der Waals surface area contributed by atoms with Crippen molar-refractivity contribution in [1.82, 2.24) is 4.98 Å². The highest BCUT2D eigenvalue weighted by Gasteiger charge is 2.03. The molecule has 0 aliphatic rings. The van der Waals surface area contributed by atoms with Crippen LogP contribution in [0.5, 0.6) is 11.5 Å². The van der Waals surface area contributed by atoms with Crippen molar-refractivity contribution in [3.05, 3.63) is 89.2 Å². The van der Waals surface area contributed by atoms with Gasteiger partial charge in [-0.3, -0.25) is 4.98 Å². The molecule has 3 aromatic rings. The number of aromatic nitrogens is 1. The van der Waals surface area contributed by atoms with E-state index in [9.17, 15) is 0 Å². The normalized spacial score (nSPS) is 11.1. The highest BCUT2D eigenvalue weighted by atomic mass is 16.5. The van der Waals surface area contributed by atoms with Gasteiger partial charge in [0.1, 0.15) is 11.5 Å². The number of hydrogen-bond donors (Lipinski definition) is 0. The number of nitrogens with zero attached hydrogens (tertiary/aromatic N) is 1. The van der Waals surface area contributed by atoms with Crippen LogP contribution in [0.3, 0.4) is 0 Å². The van der Waals surface area contributed by atoms with E-state index < -0.39 is 0 Å². The Hall–Kier alpha value is -2.61. The Morgan fingerprint density at radius 1 is 0.484 bits per heavy atom. The zero-order valence-corrected chi connectivity index (χ0v) is 20.5. The van der Waals surface area contributed by atoms with Crippen LogP contribution in [-0.4, -0.2) is 4.98 Å². The van der Waals surface area contributed by atoms with Crippen LogP contribution in [0.2, 0.25) is 0 Å². The fraction of sp³-hybridized carbons (Fsp3) is 0.414. The predicted molar refractivity (Wildman–Crippen MR) is 134 cm³/mol. The van der Waals surface area contributed by atoms with Crippen molar-refractivity contribution in [2.45, 2.75) is 79.1 Å². The Bertz CT molecular complexity index is 812. The van der Waals surface area contributed by atoms with Gasteiger partial charge in [-0.1, -0.05) is 85.7 Å². The Morgan fingerprint density at radius 2 is 0.871 bits per heavy atom. The fourth-order valence-corrected chi connectivity index (χ4v) is 3.08. The Kier molecular flexibility index (Phi) is 9.30. The van der Waals surface area contributed by atoms with E-state index in [1.807, 2.05) is 30.5 Å². The van der Waals surface area contributed by atoms with Gasteiger partial charge in [0.25, 0.3) is 0 Å². The van der Waals surface area contributed by atoms with Gasteiger partial charge < -0.3 is 4.74 Å². The fourth-order valence-electron chi connectivity index (χ4n) is 3.08. The van der Waals surface area contributed by atoms with Crippen molar-refractivity contribution in [2.24, 2.45) is 0 Å². The quantitative estimate of drug-likeness (QED) is 0.399. The van der Waals surface area contributed by atoms with Gasteiger partial charge in [0, 0.05) is 11.9 Å². The molecule has 0 fully saturated rings. The highest BCUT2D eigenvalue weighted by molar-refractivity contribution is 5.35. The molecule has 0 N–H and O–H groups in total. The number of pyridine rings is 1. The summed E-state index contributed by atoms with van der Waals surface area (Å²) in [6.07, 6.45) is 1.99. The van der Waals surface area contributed by atoms with E-state index in [0.717, 1.165) is 11.5 Å². The molecule has 0 radical (unpaired) electrons. The van der Waals surface area contributed by atoms with Crippen molar-refractivity contribution in [3.8, 4) is 11.5 Å². The second kappa shape index (κ2) is 11.7. The number of rotatable bonds is 6. The molecule has 0 saturated heterocycles. The van der Waals surface area contributed by atoms with E-state index in [1.165, 1.54) is 22.4 Å². The van der Waals surface area contributed by atoms with Gasteiger partial charge in [-0.15, -0.1) is 0 Å². The van der Waals surface area contributed by atoms with Crippen molar-refractivity contribution in [3.63, 3.8) is 0 Å². The van der Waals surface area contributed by atoms with E-state index in [1.54, 1.807) is 0 Å². The second-order valence-corrected chi connectivity index (χ2v) is 9.38. The molecule has 0 aliphatic carbocycles. The largest absolute Gasteiger partial charge is 0.457 e. The van der Waals surface area contributed by atoms with Gasteiger partial charge in [0.05, 0.1) is 0 Å². The maximum Gasteiger partial charge on any atom is 0.127 e. The summed E-state index contributed by atoms with van der Waals surface area (Å²) in [5.74, 6) is 4.01. The van der Waals surface area contributed by atoms with E-state index in [-0.39, 0.29) is 0 Å². The molecule has 166 valence electrons. The first-order valence-corrected chi connectivity index (χ1v) is 11.5. The molecule has 31 heavy (non-hydrogen) atoms. The molecular weight excluding hydrogens is 378 g/mol. The van der Waals surface area contributed by atoms with Gasteiger partial charge in [-0.05, 0) is 70.7 Å². The van der Waals surface area contributed by atoms with Crippen LogP contribution in [0.25, 0.3) is 0 Å². The third-order valence-corrected chi connectivity index (χ3v) is 5.40. The van der Waals surface area contributed by atoms with Crippen LogP contribution in [0.4, 0.5) is 0 Å². The molecule has 0 amide bonds. The lowest BCUT2D eigenvalue weighted by Crippen LogP contribution is -1.94.